The lowest BCUT2D eigenvalue weighted by Crippen LogP contribution is -2.45. The summed E-state index contributed by atoms with van der Waals surface area (Å²) in [5, 5.41) is 8.57. The van der Waals surface area contributed by atoms with Crippen LogP contribution in [0, 0.1) is 17.3 Å². The van der Waals surface area contributed by atoms with Gasteiger partial charge in [0.1, 0.15) is 12.4 Å². The molecule has 12 heteroatoms. The number of hydrogen-bond acceptors (Lipinski definition) is 7. The molecule has 2 atom stereocenters. The zero-order valence-electron chi connectivity index (χ0n) is 27.3. The van der Waals surface area contributed by atoms with Crippen molar-refractivity contribution in [1.29, 1.82) is 0 Å². The first-order valence-corrected chi connectivity index (χ1v) is 16.8. The van der Waals surface area contributed by atoms with Crippen LogP contribution in [0.3, 0.4) is 0 Å². The molecule has 0 aliphatic carbocycles. The maximum Gasteiger partial charge on any atom is 0.312 e. The molecule has 1 aromatic rings. The quantitative estimate of drug-likeness (QED) is 0.0779. The molecule has 252 valence electrons. The van der Waals surface area contributed by atoms with Crippen molar-refractivity contribution in [2.45, 2.75) is 105 Å². The van der Waals surface area contributed by atoms with Crippen molar-refractivity contribution in [1.82, 2.24) is 10.6 Å². The zero-order chi connectivity index (χ0) is 34.0. The van der Waals surface area contributed by atoms with Crippen molar-refractivity contribution >= 4 is 57.0 Å². The van der Waals surface area contributed by atoms with Gasteiger partial charge >= 0.3 is 12.0 Å². The number of unbranched alkanes of at least 4 members (excludes halogenated alkanes) is 3. The molecule has 0 heterocycles. The van der Waals surface area contributed by atoms with E-state index in [1.165, 1.54) is 0 Å². The normalized spacial score (nSPS) is 12.6. The Kier molecular flexibility index (Phi) is 18.3. The van der Waals surface area contributed by atoms with Gasteiger partial charge in [0.15, 0.2) is 5.78 Å². The Morgan fingerprint density at radius 1 is 0.911 bits per heavy atom. The van der Waals surface area contributed by atoms with E-state index in [0.29, 0.717) is 36.7 Å². The predicted octanol–water partition coefficient (Wildman–Crippen LogP) is 5.18. The maximum atomic E-state index is 13.4. The summed E-state index contributed by atoms with van der Waals surface area (Å²) < 4.78 is 5.34. The van der Waals surface area contributed by atoms with E-state index in [4.69, 9.17) is 10.5 Å². The molecule has 0 aromatic heterocycles. The number of primary amides is 1. The average molecular weight is 696 g/mol. The minimum absolute atomic E-state index is 0.0893. The van der Waals surface area contributed by atoms with Gasteiger partial charge in [-0.3, -0.25) is 24.0 Å². The van der Waals surface area contributed by atoms with Gasteiger partial charge in [0.25, 0.3) is 0 Å². The summed E-state index contributed by atoms with van der Waals surface area (Å²) in [5.41, 5.74) is 5.82. The van der Waals surface area contributed by atoms with Crippen LogP contribution in [-0.4, -0.2) is 53.3 Å². The van der Waals surface area contributed by atoms with Crippen LogP contribution in [-0.2, 0) is 35.3 Å². The Bertz CT molecular complexity index is 1130. The van der Waals surface area contributed by atoms with E-state index in [1.54, 1.807) is 45.0 Å². The number of nitrogens with one attached hydrogen (secondary N) is 3. The summed E-state index contributed by atoms with van der Waals surface area (Å²) in [4.78, 5) is 73.9. The number of carbonyl (C=O) groups excluding carboxylic acids is 6. The first-order valence-electron chi connectivity index (χ1n) is 15.6. The largest absolute Gasteiger partial charge is 0.460 e. The molecule has 0 saturated heterocycles. The molecule has 0 saturated carbocycles. The van der Waals surface area contributed by atoms with Gasteiger partial charge in [-0.05, 0) is 70.1 Å². The van der Waals surface area contributed by atoms with Gasteiger partial charge in [0.05, 0.1) is 16.8 Å². The van der Waals surface area contributed by atoms with E-state index in [0.717, 1.165) is 24.8 Å². The molecule has 0 fully saturated rings. The van der Waals surface area contributed by atoms with E-state index in [9.17, 15) is 28.8 Å². The lowest BCUT2D eigenvalue weighted by Gasteiger charge is -2.24. The van der Waals surface area contributed by atoms with Crippen LogP contribution in [0.5, 0.6) is 0 Å². The summed E-state index contributed by atoms with van der Waals surface area (Å²) in [7, 11) is 0. The first-order chi connectivity index (χ1) is 21.1. The summed E-state index contributed by atoms with van der Waals surface area (Å²) in [6, 6.07) is 5.47. The van der Waals surface area contributed by atoms with E-state index >= 15 is 0 Å². The SMILES string of the molecule is CC(C)C(NC(=O)CCCCCCC(=O)CBr)C(=O)C[C@@H](CCCNC(N)=O)C(=O)Nc1ccc(COC(=O)C(C)(C)C)cc1. The van der Waals surface area contributed by atoms with Crippen molar-refractivity contribution in [3.8, 4) is 0 Å². The van der Waals surface area contributed by atoms with Gasteiger partial charge in [-0.1, -0.05) is 54.8 Å². The zero-order valence-corrected chi connectivity index (χ0v) is 28.9. The number of halogens is 1. The van der Waals surface area contributed by atoms with Crippen LogP contribution in [0.2, 0.25) is 0 Å². The number of carbonyl (C=O) groups is 6. The fourth-order valence-corrected chi connectivity index (χ4v) is 4.72. The second-order valence-corrected chi connectivity index (χ2v) is 13.2. The fourth-order valence-electron chi connectivity index (χ4n) is 4.44. The summed E-state index contributed by atoms with van der Waals surface area (Å²) in [5.74, 6) is -1.87. The molecular formula is C33H51BrN4O7. The Balaban J connectivity index is 2.80. The molecule has 11 nitrogen and oxygen atoms in total. The highest BCUT2D eigenvalue weighted by molar-refractivity contribution is 9.09. The summed E-state index contributed by atoms with van der Waals surface area (Å²) in [6.07, 6.45) is 4.56. The maximum absolute atomic E-state index is 13.4. The Labute approximate surface area is 275 Å². The molecule has 4 amide bonds. The van der Waals surface area contributed by atoms with Crippen molar-refractivity contribution in [3.63, 3.8) is 0 Å². The third-order valence-electron chi connectivity index (χ3n) is 7.14. The molecule has 45 heavy (non-hydrogen) atoms. The fraction of sp³-hybridized carbons (Fsp3) is 0.636. The molecule has 0 spiro atoms. The average Bonchev–Trinajstić information content (AvgIpc) is 2.97. The molecule has 0 bridgehead atoms. The lowest BCUT2D eigenvalue weighted by molar-refractivity contribution is -0.154. The van der Waals surface area contributed by atoms with Crippen molar-refractivity contribution in [2.24, 2.45) is 23.0 Å². The summed E-state index contributed by atoms with van der Waals surface area (Å²) >= 11 is 3.15. The standard InChI is InChI=1S/C33H51BrN4O7/c1-22(2)29(38-28(41)13-9-7-6-8-12-26(39)20-34)27(40)19-24(11-10-18-36-32(35)44)30(42)37-25-16-14-23(15-17-25)21-45-31(43)33(3,4)5/h14-17,22,24,29H,6-13,18-21H2,1-5H3,(H,37,42)(H,38,41)(H3,35,36,44)/t24-,29?/m1/s1. The van der Waals surface area contributed by atoms with Crippen molar-refractivity contribution in [2.75, 3.05) is 17.2 Å². The first kappa shape index (κ1) is 39.7. The number of hydrogen-bond donors (Lipinski definition) is 4. The number of benzene rings is 1. The van der Waals surface area contributed by atoms with Crippen LogP contribution >= 0.6 is 15.9 Å². The molecule has 5 N–H and O–H groups in total. The van der Waals surface area contributed by atoms with Gasteiger partial charge < -0.3 is 26.4 Å². The Morgan fingerprint density at radius 3 is 2.09 bits per heavy atom. The Hall–Kier alpha value is -3.28. The molecule has 1 unspecified atom stereocenters. The number of Topliss-reactive ketones (excluding diaryl/α,β-unsaturated/α-hetero) is 2. The predicted molar refractivity (Wildman–Crippen MR) is 178 cm³/mol. The number of anilines is 1. The molecular weight excluding hydrogens is 644 g/mol. The number of alkyl halides is 1. The van der Waals surface area contributed by atoms with Crippen LogP contribution in [0.25, 0.3) is 0 Å². The third-order valence-corrected chi connectivity index (χ3v) is 7.76. The van der Waals surface area contributed by atoms with Crippen LogP contribution in [0.1, 0.15) is 98.0 Å². The second kappa shape index (κ2) is 20.7. The van der Waals surface area contributed by atoms with Gasteiger partial charge in [-0.25, -0.2) is 4.79 Å². The van der Waals surface area contributed by atoms with E-state index < -0.39 is 23.4 Å². The number of amides is 4. The number of ketones is 2. The van der Waals surface area contributed by atoms with Crippen molar-refractivity contribution < 1.29 is 33.5 Å². The van der Waals surface area contributed by atoms with Gasteiger partial charge in [0.2, 0.25) is 11.8 Å². The molecule has 0 aliphatic heterocycles. The number of rotatable bonds is 21. The third kappa shape index (κ3) is 17.1. The monoisotopic (exact) mass is 694 g/mol. The Morgan fingerprint density at radius 2 is 1.53 bits per heavy atom. The van der Waals surface area contributed by atoms with Crippen molar-refractivity contribution in [3.05, 3.63) is 29.8 Å². The highest BCUT2D eigenvalue weighted by Gasteiger charge is 2.29. The smallest absolute Gasteiger partial charge is 0.312 e. The highest BCUT2D eigenvalue weighted by atomic mass is 79.9. The van der Waals surface area contributed by atoms with E-state index in [1.807, 2.05) is 13.8 Å². The number of ether oxygens (including phenoxy) is 1. The van der Waals surface area contributed by atoms with E-state index in [2.05, 4.69) is 31.9 Å². The molecule has 0 radical (unpaired) electrons. The van der Waals surface area contributed by atoms with Gasteiger partial charge in [0, 0.05) is 37.4 Å². The lowest BCUT2D eigenvalue weighted by atomic mass is 9.89. The number of esters is 1. The highest BCUT2D eigenvalue weighted by Crippen LogP contribution is 2.21. The number of urea groups is 1. The van der Waals surface area contributed by atoms with Crippen LogP contribution < -0.4 is 21.7 Å². The van der Waals surface area contributed by atoms with Crippen LogP contribution in [0.4, 0.5) is 10.5 Å². The summed E-state index contributed by atoms with van der Waals surface area (Å²) in [6.45, 7) is 9.37. The van der Waals surface area contributed by atoms with Crippen LogP contribution in [0.15, 0.2) is 24.3 Å². The number of nitrogens with two attached hydrogens (primary N) is 1. The van der Waals surface area contributed by atoms with Gasteiger partial charge in [-0.15, -0.1) is 0 Å². The van der Waals surface area contributed by atoms with E-state index in [-0.39, 0.29) is 61.3 Å². The minimum atomic E-state index is -0.747. The molecule has 0 aliphatic rings. The van der Waals surface area contributed by atoms with Gasteiger partial charge in [-0.2, -0.15) is 0 Å². The molecule has 1 rings (SSSR count). The molecule has 1 aromatic carbocycles. The topological polar surface area (TPSA) is 174 Å². The minimum Gasteiger partial charge on any atom is -0.460 e. The second-order valence-electron chi connectivity index (χ2n) is 12.7.